The zero-order valence-corrected chi connectivity index (χ0v) is 12.4. The molecule has 1 amide bonds. The van der Waals surface area contributed by atoms with Crippen LogP contribution in [0.15, 0.2) is 9.59 Å². The summed E-state index contributed by atoms with van der Waals surface area (Å²) in [5, 5.41) is 6.66. The number of nitrogens with two attached hydrogens (primary N) is 1. The van der Waals surface area contributed by atoms with Crippen LogP contribution in [0, 0.1) is 6.92 Å². The molecule has 0 spiro atoms. The maximum absolute atomic E-state index is 12.2. The van der Waals surface area contributed by atoms with Gasteiger partial charge in [0.15, 0.2) is 0 Å². The molecule has 0 radical (unpaired) electrons. The molecule has 1 rings (SSSR count). The second-order valence-corrected chi connectivity index (χ2v) is 6.63. The van der Waals surface area contributed by atoms with Gasteiger partial charge in [-0.25, -0.2) is 13.6 Å². The number of carbonyl (C=O) groups is 1. The topological polar surface area (TPSA) is 80.5 Å². The number of sulfonamides is 1. The molecule has 1 heterocycles. The van der Waals surface area contributed by atoms with Crippen molar-refractivity contribution >= 4 is 27.3 Å². The van der Waals surface area contributed by atoms with E-state index in [2.05, 4.69) is 0 Å². The Morgan fingerprint density at radius 2 is 2.06 bits per heavy atom. The van der Waals surface area contributed by atoms with Gasteiger partial charge in [0.05, 0.1) is 5.56 Å². The smallest absolute Gasteiger partial charge is 0.255 e. The van der Waals surface area contributed by atoms with E-state index >= 15 is 0 Å². The lowest BCUT2D eigenvalue weighted by atomic mass is 10.2. The van der Waals surface area contributed by atoms with Gasteiger partial charge in [0.25, 0.3) is 5.91 Å². The van der Waals surface area contributed by atoms with E-state index in [1.54, 1.807) is 17.2 Å². The van der Waals surface area contributed by atoms with E-state index in [1.807, 2.05) is 13.8 Å². The Balaban J connectivity index is 3.12. The van der Waals surface area contributed by atoms with Crippen LogP contribution in [-0.4, -0.2) is 32.3 Å². The minimum Gasteiger partial charge on any atom is -0.339 e. The van der Waals surface area contributed by atoms with Crippen molar-refractivity contribution in [2.45, 2.75) is 31.4 Å². The molecule has 1 aromatic rings. The number of hydrogen-bond acceptors (Lipinski definition) is 4. The first-order valence-corrected chi connectivity index (χ1v) is 8.15. The Labute approximate surface area is 112 Å². The van der Waals surface area contributed by atoms with Gasteiger partial charge in [0.2, 0.25) is 10.0 Å². The molecular weight excluding hydrogens is 272 g/mol. The lowest BCUT2D eigenvalue weighted by Crippen LogP contribution is -2.31. The highest BCUT2D eigenvalue weighted by molar-refractivity contribution is 7.91. The molecule has 102 valence electrons. The molecule has 0 saturated heterocycles. The molecule has 5 nitrogen and oxygen atoms in total. The second kappa shape index (κ2) is 5.81. The summed E-state index contributed by atoms with van der Waals surface area (Å²) in [5.74, 6) is -0.136. The molecule has 0 unspecified atom stereocenters. The fourth-order valence-corrected chi connectivity index (χ4v) is 3.74. The minimum atomic E-state index is -3.74. The molecule has 0 aromatic carbocycles. The molecule has 0 atom stereocenters. The first-order chi connectivity index (χ1) is 8.32. The van der Waals surface area contributed by atoms with Crippen molar-refractivity contribution in [3.63, 3.8) is 0 Å². The average Bonchev–Trinajstić information content (AvgIpc) is 2.66. The summed E-state index contributed by atoms with van der Waals surface area (Å²) in [6.45, 7) is 6.77. The maximum Gasteiger partial charge on any atom is 0.255 e. The van der Waals surface area contributed by atoms with Crippen molar-refractivity contribution in [2.24, 2.45) is 5.14 Å². The van der Waals surface area contributed by atoms with Crippen molar-refractivity contribution in [2.75, 3.05) is 13.1 Å². The van der Waals surface area contributed by atoms with Crippen LogP contribution >= 0.6 is 11.3 Å². The Hall–Kier alpha value is -0.920. The normalized spacial score (nSPS) is 11.6. The van der Waals surface area contributed by atoms with Crippen molar-refractivity contribution in [3.8, 4) is 0 Å². The van der Waals surface area contributed by atoms with E-state index in [0.717, 1.165) is 17.8 Å². The van der Waals surface area contributed by atoms with Crippen molar-refractivity contribution in [1.82, 2.24) is 4.90 Å². The fourth-order valence-electron chi connectivity index (χ4n) is 1.73. The zero-order valence-electron chi connectivity index (χ0n) is 10.8. The highest BCUT2D eigenvalue weighted by Gasteiger charge is 2.23. The van der Waals surface area contributed by atoms with Gasteiger partial charge >= 0.3 is 0 Å². The SMILES string of the molecule is CCCN(CC)C(=O)c1csc(S(N)(=O)=O)c1C. The van der Waals surface area contributed by atoms with Crippen LogP contribution < -0.4 is 5.14 Å². The third kappa shape index (κ3) is 3.09. The van der Waals surface area contributed by atoms with Gasteiger partial charge < -0.3 is 4.90 Å². The van der Waals surface area contributed by atoms with Crippen LogP contribution in [0.3, 0.4) is 0 Å². The predicted octanol–water partition coefficient (Wildman–Crippen LogP) is 1.58. The molecule has 0 aliphatic rings. The number of nitrogens with zero attached hydrogens (tertiary/aromatic N) is 1. The van der Waals surface area contributed by atoms with Crippen LogP contribution in [-0.2, 0) is 10.0 Å². The molecule has 7 heteroatoms. The van der Waals surface area contributed by atoms with E-state index in [4.69, 9.17) is 5.14 Å². The van der Waals surface area contributed by atoms with E-state index in [-0.39, 0.29) is 10.1 Å². The largest absolute Gasteiger partial charge is 0.339 e. The molecule has 0 fully saturated rings. The summed E-state index contributed by atoms with van der Waals surface area (Å²) in [4.78, 5) is 13.9. The van der Waals surface area contributed by atoms with E-state index in [0.29, 0.717) is 24.2 Å². The van der Waals surface area contributed by atoms with Crippen LogP contribution in [0.1, 0.15) is 36.2 Å². The zero-order chi connectivity index (χ0) is 13.9. The molecule has 0 bridgehead atoms. The number of thiophene rings is 1. The standard InChI is InChI=1S/C11H18N2O3S2/c1-4-6-13(5-2)10(14)9-7-17-11(8(9)3)18(12,15)16/h7H,4-6H2,1-3H3,(H2,12,15,16). The minimum absolute atomic E-state index is 0.0680. The number of primary sulfonamides is 1. The molecule has 2 N–H and O–H groups in total. The highest BCUT2D eigenvalue weighted by atomic mass is 32.2. The van der Waals surface area contributed by atoms with Crippen LogP contribution in [0.25, 0.3) is 0 Å². The summed E-state index contributed by atoms with van der Waals surface area (Å²) in [6, 6.07) is 0. The van der Waals surface area contributed by atoms with Gasteiger partial charge in [-0.15, -0.1) is 11.3 Å². The summed E-state index contributed by atoms with van der Waals surface area (Å²) < 4.78 is 22.7. The van der Waals surface area contributed by atoms with Crippen molar-refractivity contribution in [1.29, 1.82) is 0 Å². The highest BCUT2D eigenvalue weighted by Crippen LogP contribution is 2.26. The van der Waals surface area contributed by atoms with Gasteiger partial charge in [-0.05, 0) is 25.8 Å². The lowest BCUT2D eigenvalue weighted by molar-refractivity contribution is 0.0764. The molecule has 1 aromatic heterocycles. The lowest BCUT2D eigenvalue weighted by Gasteiger charge is -2.19. The monoisotopic (exact) mass is 290 g/mol. The molecule has 0 aliphatic carbocycles. The van der Waals surface area contributed by atoms with E-state index in [9.17, 15) is 13.2 Å². The molecule has 0 aliphatic heterocycles. The third-order valence-electron chi connectivity index (χ3n) is 2.65. The van der Waals surface area contributed by atoms with Crippen LogP contribution in [0.4, 0.5) is 0 Å². The van der Waals surface area contributed by atoms with Gasteiger partial charge in [-0.1, -0.05) is 6.92 Å². The maximum atomic E-state index is 12.2. The molecule has 18 heavy (non-hydrogen) atoms. The molecule has 0 saturated carbocycles. The van der Waals surface area contributed by atoms with Gasteiger partial charge in [-0.3, -0.25) is 4.79 Å². The Bertz CT molecular complexity index is 534. The molecular formula is C11H18N2O3S2. The van der Waals surface area contributed by atoms with Crippen molar-refractivity contribution in [3.05, 3.63) is 16.5 Å². The van der Waals surface area contributed by atoms with Crippen LogP contribution in [0.5, 0.6) is 0 Å². The van der Waals surface area contributed by atoms with Crippen LogP contribution in [0.2, 0.25) is 0 Å². The Morgan fingerprint density at radius 1 is 1.44 bits per heavy atom. The number of hydrogen-bond donors (Lipinski definition) is 1. The Morgan fingerprint density at radius 3 is 2.44 bits per heavy atom. The number of amides is 1. The van der Waals surface area contributed by atoms with E-state index in [1.165, 1.54) is 0 Å². The number of carbonyl (C=O) groups excluding carboxylic acids is 1. The summed E-state index contributed by atoms with van der Waals surface area (Å²) in [7, 11) is -3.74. The first kappa shape index (κ1) is 15.1. The van der Waals surface area contributed by atoms with Crippen molar-refractivity contribution < 1.29 is 13.2 Å². The van der Waals surface area contributed by atoms with Gasteiger partial charge in [0, 0.05) is 18.5 Å². The first-order valence-electron chi connectivity index (χ1n) is 5.73. The summed E-state index contributed by atoms with van der Waals surface area (Å²) in [5.41, 5.74) is 0.876. The number of rotatable bonds is 5. The second-order valence-electron chi connectivity index (χ2n) is 3.99. The fraction of sp³-hybridized carbons (Fsp3) is 0.545. The summed E-state index contributed by atoms with van der Waals surface area (Å²) >= 11 is 0.997. The van der Waals surface area contributed by atoms with Gasteiger partial charge in [-0.2, -0.15) is 0 Å². The third-order valence-corrected chi connectivity index (χ3v) is 5.33. The van der Waals surface area contributed by atoms with E-state index < -0.39 is 10.0 Å². The quantitative estimate of drug-likeness (QED) is 0.894. The van der Waals surface area contributed by atoms with Gasteiger partial charge in [0.1, 0.15) is 4.21 Å². The predicted molar refractivity (Wildman–Crippen MR) is 72.3 cm³/mol. The Kier molecular flexibility index (Phi) is 4.89. The summed E-state index contributed by atoms with van der Waals surface area (Å²) in [6.07, 6.45) is 0.866. The average molecular weight is 290 g/mol.